The number of fused-ring (bicyclic) bond motifs is 4. The molecule has 6 rings (SSSR count). The highest BCUT2D eigenvalue weighted by molar-refractivity contribution is 6.17. The fourth-order valence-electron chi connectivity index (χ4n) is 4.60. The van der Waals surface area contributed by atoms with Crippen molar-refractivity contribution in [2.75, 3.05) is 5.73 Å². The van der Waals surface area contributed by atoms with Gasteiger partial charge in [0.1, 0.15) is 17.1 Å². The van der Waals surface area contributed by atoms with Crippen LogP contribution in [0.3, 0.4) is 0 Å². The minimum absolute atomic E-state index is 0.0249. The van der Waals surface area contributed by atoms with Crippen LogP contribution in [-0.4, -0.2) is 25.6 Å². The quantitative estimate of drug-likeness (QED) is 0.360. The first-order valence-corrected chi connectivity index (χ1v) is 10.6. The Hall–Kier alpha value is -4.85. The number of nitrogens with one attached hydrogen (secondary N) is 1. The molecule has 0 unspecified atom stereocenters. The summed E-state index contributed by atoms with van der Waals surface area (Å²) in [5.74, 6) is -0.850. The Bertz CT molecular complexity index is 1810. The van der Waals surface area contributed by atoms with E-state index in [1.54, 1.807) is 29.0 Å². The van der Waals surface area contributed by atoms with Crippen molar-refractivity contribution in [3.8, 4) is 11.1 Å². The molecule has 0 radical (unpaired) electrons. The summed E-state index contributed by atoms with van der Waals surface area (Å²) in [4.78, 5) is 32.5. The molecule has 0 spiro atoms. The van der Waals surface area contributed by atoms with Gasteiger partial charge in [-0.3, -0.25) is 4.79 Å². The zero-order valence-electron chi connectivity index (χ0n) is 17.8. The van der Waals surface area contributed by atoms with Gasteiger partial charge in [-0.2, -0.15) is 0 Å². The third-order valence-corrected chi connectivity index (χ3v) is 6.10. The van der Waals surface area contributed by atoms with E-state index in [2.05, 4.69) is 9.97 Å². The van der Waals surface area contributed by atoms with Crippen molar-refractivity contribution in [3.63, 3.8) is 0 Å². The molecule has 0 atom stereocenters. The first-order valence-electron chi connectivity index (χ1n) is 10.6. The lowest BCUT2D eigenvalue weighted by molar-refractivity contribution is 0.0687. The van der Waals surface area contributed by atoms with E-state index < -0.39 is 5.97 Å². The fraction of sp³-hybridized carbons (Fsp3) is 0.0385. The second kappa shape index (κ2) is 7.35. The second-order valence-electron chi connectivity index (χ2n) is 8.05. The number of carbonyl (C=O) groups is 1. The molecule has 0 saturated heterocycles. The largest absolute Gasteiger partial charge is 0.477 e. The maximum Gasteiger partial charge on any atom is 0.353 e. The molecule has 2 aromatic carbocycles. The Kier molecular flexibility index (Phi) is 4.28. The fourth-order valence-corrected chi connectivity index (χ4v) is 4.60. The summed E-state index contributed by atoms with van der Waals surface area (Å²) < 4.78 is 7.41. The molecular weight excluding hydrogens is 432 g/mol. The molecule has 4 heterocycles. The average Bonchev–Trinajstić information content (AvgIpc) is 3.42. The van der Waals surface area contributed by atoms with Crippen molar-refractivity contribution < 1.29 is 14.3 Å². The van der Waals surface area contributed by atoms with Crippen LogP contribution in [0.25, 0.3) is 43.9 Å². The van der Waals surface area contributed by atoms with E-state index in [0.717, 1.165) is 16.3 Å². The van der Waals surface area contributed by atoms with Gasteiger partial charge in [0.2, 0.25) is 0 Å². The Labute approximate surface area is 191 Å². The van der Waals surface area contributed by atoms with Crippen molar-refractivity contribution in [1.29, 1.82) is 0 Å². The van der Waals surface area contributed by atoms with Crippen LogP contribution < -0.4 is 11.3 Å². The maximum absolute atomic E-state index is 12.8. The van der Waals surface area contributed by atoms with Crippen LogP contribution in [0, 0.1) is 0 Å². The molecule has 6 aromatic rings. The highest BCUT2D eigenvalue weighted by atomic mass is 16.4. The predicted octanol–water partition coefficient (Wildman–Crippen LogP) is 4.62. The number of rotatable bonds is 4. The Morgan fingerprint density at radius 1 is 1.09 bits per heavy atom. The van der Waals surface area contributed by atoms with E-state index in [-0.39, 0.29) is 23.4 Å². The summed E-state index contributed by atoms with van der Waals surface area (Å²) in [6.07, 6.45) is 3.06. The zero-order chi connectivity index (χ0) is 23.4. The lowest BCUT2D eigenvalue weighted by Gasteiger charge is -2.12. The third-order valence-electron chi connectivity index (χ3n) is 6.10. The first kappa shape index (κ1) is 19.8. The van der Waals surface area contributed by atoms with Gasteiger partial charge in [0, 0.05) is 28.1 Å². The van der Waals surface area contributed by atoms with Gasteiger partial charge < -0.3 is 24.8 Å². The van der Waals surface area contributed by atoms with E-state index in [4.69, 9.17) is 10.2 Å². The average molecular weight is 450 g/mol. The summed E-state index contributed by atoms with van der Waals surface area (Å²) in [7, 11) is 0. The molecule has 0 fully saturated rings. The summed E-state index contributed by atoms with van der Waals surface area (Å²) in [5.41, 5.74) is 8.97. The van der Waals surface area contributed by atoms with Crippen LogP contribution in [0.5, 0.6) is 0 Å². The number of para-hydroxylation sites is 1. The normalized spacial score (nSPS) is 11.5. The number of aromatic nitrogens is 3. The minimum Gasteiger partial charge on any atom is -0.477 e. The molecule has 0 aliphatic rings. The Balaban J connectivity index is 1.71. The van der Waals surface area contributed by atoms with Crippen molar-refractivity contribution >= 4 is 44.6 Å². The topological polar surface area (TPSA) is 127 Å². The molecule has 0 aliphatic heterocycles. The van der Waals surface area contributed by atoms with Gasteiger partial charge in [-0.15, -0.1) is 0 Å². The van der Waals surface area contributed by atoms with E-state index in [0.29, 0.717) is 33.4 Å². The van der Waals surface area contributed by atoms with Crippen LogP contribution in [0.2, 0.25) is 0 Å². The highest BCUT2D eigenvalue weighted by Gasteiger charge is 2.28. The maximum atomic E-state index is 12.8. The summed E-state index contributed by atoms with van der Waals surface area (Å²) in [6, 6.07) is 18.3. The van der Waals surface area contributed by atoms with Crippen molar-refractivity contribution in [2.45, 2.75) is 6.54 Å². The zero-order valence-corrected chi connectivity index (χ0v) is 17.8. The summed E-state index contributed by atoms with van der Waals surface area (Å²) in [5, 5.41) is 12.6. The predicted molar refractivity (Wildman–Crippen MR) is 130 cm³/mol. The number of H-pyrrole nitrogens is 1. The van der Waals surface area contributed by atoms with Crippen molar-refractivity contribution in [3.05, 3.63) is 94.7 Å². The molecule has 0 bridgehead atoms. The lowest BCUT2D eigenvalue weighted by Crippen LogP contribution is -2.14. The smallest absolute Gasteiger partial charge is 0.353 e. The number of hydrogen-bond donors (Lipinski definition) is 3. The second-order valence-corrected chi connectivity index (χ2v) is 8.05. The number of carboxylic acids is 1. The van der Waals surface area contributed by atoms with Crippen LogP contribution in [-0.2, 0) is 6.54 Å². The molecule has 0 aliphatic carbocycles. The number of furan rings is 1. The molecule has 0 amide bonds. The number of nitrogens with two attached hydrogens (primary N) is 1. The lowest BCUT2D eigenvalue weighted by atomic mass is 10.0. The number of pyridine rings is 2. The van der Waals surface area contributed by atoms with Crippen LogP contribution >= 0.6 is 0 Å². The van der Waals surface area contributed by atoms with Gasteiger partial charge >= 0.3 is 5.97 Å². The van der Waals surface area contributed by atoms with E-state index in [1.807, 2.05) is 42.5 Å². The van der Waals surface area contributed by atoms with Gasteiger partial charge in [-0.25, -0.2) is 9.78 Å². The Morgan fingerprint density at radius 3 is 2.76 bits per heavy atom. The number of carboxylic acid groups (broad SMARTS) is 1. The van der Waals surface area contributed by atoms with E-state index >= 15 is 0 Å². The number of hydrogen-bond acceptors (Lipinski definition) is 5. The SMILES string of the molecule is Nc1nc2ccccc2cc1Cn1c(C(=O)O)c(-c2ccc[nH]c2=O)c2c3occc3ccc21. The van der Waals surface area contributed by atoms with Crippen LogP contribution in [0.1, 0.15) is 16.1 Å². The summed E-state index contributed by atoms with van der Waals surface area (Å²) >= 11 is 0. The first-order chi connectivity index (χ1) is 16.5. The Morgan fingerprint density at radius 2 is 1.94 bits per heavy atom. The molecule has 34 heavy (non-hydrogen) atoms. The third kappa shape index (κ3) is 2.89. The molecule has 8 nitrogen and oxygen atoms in total. The minimum atomic E-state index is -1.17. The van der Waals surface area contributed by atoms with E-state index in [1.165, 1.54) is 6.20 Å². The standard InChI is InChI=1S/C26H18N4O4/c27-24-16(12-15-4-1-2-6-18(15)29-24)13-30-19-8-7-14-9-11-34-23(14)21(19)20(22(30)26(32)33)17-5-3-10-28-25(17)31/h1-12H,13H2,(H2,27,29)(H,28,31)(H,32,33). The van der Waals surface area contributed by atoms with Gasteiger partial charge in [0.05, 0.1) is 34.8 Å². The number of nitrogen functional groups attached to an aromatic ring is 1. The van der Waals surface area contributed by atoms with Crippen molar-refractivity contribution in [2.24, 2.45) is 0 Å². The van der Waals surface area contributed by atoms with Crippen LogP contribution in [0.4, 0.5) is 5.82 Å². The van der Waals surface area contributed by atoms with Gasteiger partial charge in [-0.1, -0.05) is 18.2 Å². The molecular formula is C26H18N4O4. The van der Waals surface area contributed by atoms with Gasteiger partial charge in [0.25, 0.3) is 5.56 Å². The molecule has 4 aromatic heterocycles. The number of aromatic carboxylic acids is 1. The number of benzene rings is 2. The molecule has 166 valence electrons. The molecule has 4 N–H and O–H groups in total. The van der Waals surface area contributed by atoms with Crippen molar-refractivity contribution in [1.82, 2.24) is 14.5 Å². The number of aromatic amines is 1. The van der Waals surface area contributed by atoms with Gasteiger partial charge in [0.15, 0.2) is 0 Å². The monoisotopic (exact) mass is 450 g/mol. The van der Waals surface area contributed by atoms with E-state index in [9.17, 15) is 14.7 Å². The summed E-state index contributed by atoms with van der Waals surface area (Å²) in [6.45, 7) is 0.152. The molecule has 0 saturated carbocycles. The number of nitrogens with zero attached hydrogens (tertiary/aromatic N) is 2. The number of anilines is 1. The highest BCUT2D eigenvalue weighted by Crippen LogP contribution is 2.39. The molecule has 8 heteroatoms. The van der Waals surface area contributed by atoms with Crippen LogP contribution in [0.15, 0.2) is 82.3 Å². The van der Waals surface area contributed by atoms with Gasteiger partial charge in [-0.05, 0) is 42.5 Å².